The quantitative estimate of drug-likeness (QED) is 0.449. The van der Waals surface area contributed by atoms with Gasteiger partial charge in [-0.2, -0.15) is 9.78 Å². The van der Waals surface area contributed by atoms with Crippen molar-refractivity contribution in [3.05, 3.63) is 119 Å². The molecule has 5 rings (SSSR count). The van der Waals surface area contributed by atoms with Crippen LogP contribution in [0.5, 0.6) is 0 Å². The van der Waals surface area contributed by atoms with Gasteiger partial charge in [0.2, 0.25) is 0 Å². The number of rotatable bonds is 5. The lowest BCUT2D eigenvalue weighted by atomic mass is 10.1. The minimum atomic E-state index is -0.380. The number of para-hydroxylation sites is 1. The number of aromatic nitrogens is 4. The summed E-state index contributed by atoms with van der Waals surface area (Å²) in [5, 5.41) is 8.29. The lowest BCUT2D eigenvalue weighted by molar-refractivity contribution is 0.102. The largest absolute Gasteiger partial charge is 0.331 e. The first kappa shape index (κ1) is 20.4. The first-order valence-corrected chi connectivity index (χ1v) is 10.6. The second-order valence-electron chi connectivity index (χ2n) is 7.70. The summed E-state index contributed by atoms with van der Waals surface area (Å²) in [6.07, 6.45) is 3.71. The van der Waals surface area contributed by atoms with Crippen LogP contribution >= 0.6 is 0 Å². The van der Waals surface area contributed by atoms with Gasteiger partial charge in [-0.15, -0.1) is 0 Å². The molecular weight excluding hydrogens is 414 g/mol. The molecule has 33 heavy (non-hydrogen) atoms. The lowest BCUT2D eigenvalue weighted by Gasteiger charge is -2.12. The SMILES string of the molecule is Cc1nccn1Cc1ccc(NC(=O)c2nn(-c3ccccc3)c(=O)c3ccccc23)cc1. The highest BCUT2D eigenvalue weighted by molar-refractivity contribution is 6.11. The molecule has 5 aromatic rings. The van der Waals surface area contributed by atoms with E-state index in [1.54, 1.807) is 42.6 Å². The Morgan fingerprint density at radius 1 is 0.909 bits per heavy atom. The Bertz CT molecular complexity index is 1500. The fraction of sp³-hybridized carbons (Fsp3) is 0.0769. The first-order chi connectivity index (χ1) is 16.1. The highest BCUT2D eigenvalue weighted by Crippen LogP contribution is 2.18. The number of benzene rings is 3. The van der Waals surface area contributed by atoms with E-state index in [-0.39, 0.29) is 17.2 Å². The molecule has 0 aliphatic rings. The van der Waals surface area contributed by atoms with E-state index in [0.29, 0.717) is 28.7 Å². The second kappa shape index (κ2) is 8.55. The number of nitrogens with zero attached hydrogens (tertiary/aromatic N) is 4. The molecule has 0 atom stereocenters. The van der Waals surface area contributed by atoms with Gasteiger partial charge in [0.15, 0.2) is 5.69 Å². The lowest BCUT2D eigenvalue weighted by Crippen LogP contribution is -2.26. The highest BCUT2D eigenvalue weighted by atomic mass is 16.2. The van der Waals surface area contributed by atoms with Crippen LogP contribution in [-0.2, 0) is 6.54 Å². The number of aryl methyl sites for hydroxylation is 1. The molecule has 7 heteroatoms. The van der Waals surface area contributed by atoms with Crippen molar-refractivity contribution >= 4 is 22.4 Å². The summed E-state index contributed by atoms with van der Waals surface area (Å²) in [7, 11) is 0. The second-order valence-corrected chi connectivity index (χ2v) is 7.70. The van der Waals surface area contributed by atoms with Crippen LogP contribution in [0.15, 0.2) is 96.1 Å². The summed E-state index contributed by atoms with van der Waals surface area (Å²) in [6, 6.07) is 23.7. The molecule has 1 amide bonds. The van der Waals surface area contributed by atoms with Gasteiger partial charge in [-0.05, 0) is 42.8 Å². The van der Waals surface area contributed by atoms with Crippen molar-refractivity contribution in [1.29, 1.82) is 0 Å². The monoisotopic (exact) mass is 435 g/mol. The van der Waals surface area contributed by atoms with Crippen LogP contribution in [0, 0.1) is 6.92 Å². The van der Waals surface area contributed by atoms with E-state index < -0.39 is 0 Å². The average molecular weight is 435 g/mol. The van der Waals surface area contributed by atoms with Gasteiger partial charge < -0.3 is 9.88 Å². The number of imidazole rings is 1. The molecule has 2 aromatic heterocycles. The van der Waals surface area contributed by atoms with Gasteiger partial charge in [0.1, 0.15) is 5.82 Å². The van der Waals surface area contributed by atoms with Gasteiger partial charge in [-0.25, -0.2) is 4.98 Å². The number of carbonyl (C=O) groups excluding carboxylic acids is 1. The Hall–Kier alpha value is -4.52. The zero-order valence-corrected chi connectivity index (χ0v) is 18.0. The van der Waals surface area contributed by atoms with Crippen LogP contribution in [0.3, 0.4) is 0 Å². The molecule has 0 spiro atoms. The van der Waals surface area contributed by atoms with Crippen molar-refractivity contribution in [2.45, 2.75) is 13.5 Å². The molecule has 162 valence electrons. The zero-order valence-electron chi connectivity index (χ0n) is 18.0. The van der Waals surface area contributed by atoms with Gasteiger partial charge in [0.25, 0.3) is 11.5 Å². The van der Waals surface area contributed by atoms with Gasteiger partial charge in [-0.3, -0.25) is 9.59 Å². The van der Waals surface area contributed by atoms with Crippen molar-refractivity contribution in [3.8, 4) is 5.69 Å². The summed E-state index contributed by atoms with van der Waals surface area (Å²) < 4.78 is 3.32. The Morgan fingerprint density at radius 2 is 1.61 bits per heavy atom. The summed E-state index contributed by atoms with van der Waals surface area (Å²) >= 11 is 0. The van der Waals surface area contributed by atoms with E-state index in [2.05, 4.69) is 20.0 Å². The first-order valence-electron chi connectivity index (χ1n) is 10.6. The molecule has 0 fully saturated rings. The number of fused-ring (bicyclic) bond motifs is 1. The normalized spacial score (nSPS) is 10.9. The van der Waals surface area contributed by atoms with Crippen LogP contribution in [0.2, 0.25) is 0 Å². The molecular formula is C26H21N5O2. The Morgan fingerprint density at radius 3 is 2.30 bits per heavy atom. The molecule has 2 heterocycles. The molecule has 0 aliphatic carbocycles. The van der Waals surface area contributed by atoms with Crippen molar-refractivity contribution < 1.29 is 4.79 Å². The zero-order chi connectivity index (χ0) is 22.8. The Labute approximate surface area is 190 Å². The van der Waals surface area contributed by atoms with Gasteiger partial charge in [0.05, 0.1) is 11.1 Å². The van der Waals surface area contributed by atoms with Crippen LogP contribution in [0.1, 0.15) is 21.9 Å². The van der Waals surface area contributed by atoms with Crippen molar-refractivity contribution in [2.24, 2.45) is 0 Å². The summed E-state index contributed by atoms with van der Waals surface area (Å²) in [5.74, 6) is 0.563. The number of anilines is 1. The summed E-state index contributed by atoms with van der Waals surface area (Å²) in [5.41, 5.74) is 2.26. The molecule has 0 aliphatic heterocycles. The van der Waals surface area contributed by atoms with E-state index in [0.717, 1.165) is 11.4 Å². The fourth-order valence-electron chi connectivity index (χ4n) is 3.75. The molecule has 0 saturated carbocycles. The average Bonchev–Trinajstić information content (AvgIpc) is 3.25. The predicted octanol–water partition coefficient (Wildman–Crippen LogP) is 4.19. The molecule has 1 N–H and O–H groups in total. The maximum Gasteiger partial charge on any atom is 0.279 e. The molecule has 0 radical (unpaired) electrons. The highest BCUT2D eigenvalue weighted by Gasteiger charge is 2.17. The third-order valence-electron chi connectivity index (χ3n) is 5.51. The van der Waals surface area contributed by atoms with Gasteiger partial charge in [-0.1, -0.05) is 48.5 Å². The molecule has 0 bridgehead atoms. The number of nitrogens with one attached hydrogen (secondary N) is 1. The summed E-state index contributed by atoms with van der Waals surface area (Å²) in [6.45, 7) is 2.66. The van der Waals surface area contributed by atoms with Gasteiger partial charge in [0, 0.05) is 30.0 Å². The maximum absolute atomic E-state index is 13.2. The Kier molecular flexibility index (Phi) is 5.28. The van der Waals surface area contributed by atoms with Crippen molar-refractivity contribution in [3.63, 3.8) is 0 Å². The van der Waals surface area contributed by atoms with E-state index in [4.69, 9.17) is 0 Å². The number of hydrogen-bond acceptors (Lipinski definition) is 4. The molecule has 7 nitrogen and oxygen atoms in total. The van der Waals surface area contributed by atoms with E-state index >= 15 is 0 Å². The molecule has 0 saturated heterocycles. The third kappa shape index (κ3) is 4.04. The Balaban J connectivity index is 1.46. The fourth-order valence-corrected chi connectivity index (χ4v) is 3.75. The van der Waals surface area contributed by atoms with Crippen LogP contribution in [-0.4, -0.2) is 25.2 Å². The number of hydrogen-bond donors (Lipinski definition) is 1. The van der Waals surface area contributed by atoms with Crippen molar-refractivity contribution in [1.82, 2.24) is 19.3 Å². The molecule has 3 aromatic carbocycles. The van der Waals surface area contributed by atoms with E-state index in [9.17, 15) is 9.59 Å². The smallest absolute Gasteiger partial charge is 0.279 e. The van der Waals surface area contributed by atoms with Gasteiger partial charge >= 0.3 is 0 Å². The van der Waals surface area contributed by atoms with E-state index in [1.165, 1.54) is 4.68 Å². The summed E-state index contributed by atoms with van der Waals surface area (Å²) in [4.78, 5) is 30.5. The van der Waals surface area contributed by atoms with Crippen LogP contribution in [0.25, 0.3) is 16.5 Å². The van der Waals surface area contributed by atoms with E-state index in [1.807, 2.05) is 55.6 Å². The topological polar surface area (TPSA) is 81.8 Å². The third-order valence-corrected chi connectivity index (χ3v) is 5.51. The molecule has 0 unspecified atom stereocenters. The maximum atomic E-state index is 13.2. The number of carbonyl (C=O) groups is 1. The predicted molar refractivity (Wildman–Crippen MR) is 128 cm³/mol. The standard InChI is InChI=1S/C26H21N5O2/c1-18-27-15-16-30(18)17-19-11-13-20(14-12-19)28-25(32)24-22-9-5-6-10-23(22)26(33)31(29-24)21-7-3-2-4-8-21/h2-16H,17H2,1H3,(H,28,32). The minimum absolute atomic E-state index is 0.187. The van der Waals surface area contributed by atoms with Crippen LogP contribution < -0.4 is 10.9 Å². The van der Waals surface area contributed by atoms with Crippen LogP contribution in [0.4, 0.5) is 5.69 Å². The minimum Gasteiger partial charge on any atom is -0.331 e. The number of amides is 1. The van der Waals surface area contributed by atoms with Crippen molar-refractivity contribution in [2.75, 3.05) is 5.32 Å².